The van der Waals surface area contributed by atoms with Crippen molar-refractivity contribution in [1.82, 2.24) is 4.98 Å². The topological polar surface area (TPSA) is 71.5 Å². The minimum Gasteiger partial charge on any atom is -0.508 e. The second-order valence-electron chi connectivity index (χ2n) is 6.19. The lowest BCUT2D eigenvalue weighted by molar-refractivity contribution is 0.475. The van der Waals surface area contributed by atoms with E-state index in [4.69, 9.17) is 5.73 Å². The maximum Gasteiger partial charge on any atom is 0.131 e. The molecule has 0 unspecified atom stereocenters. The van der Waals surface area contributed by atoms with Crippen LogP contribution in [0, 0.1) is 0 Å². The molecule has 4 heteroatoms. The van der Waals surface area contributed by atoms with E-state index in [1.807, 2.05) is 24.5 Å². The molecule has 2 heterocycles. The van der Waals surface area contributed by atoms with Gasteiger partial charge in [0.1, 0.15) is 11.6 Å². The number of aromatic hydroxyl groups is 1. The fraction of sp³-hybridized carbons (Fsp3) is 0.143. The van der Waals surface area contributed by atoms with E-state index < -0.39 is 0 Å². The van der Waals surface area contributed by atoms with Crippen LogP contribution in [0.15, 0.2) is 53.7 Å². The Kier molecular flexibility index (Phi) is 3.73. The van der Waals surface area contributed by atoms with Crippen LogP contribution in [0.25, 0.3) is 22.3 Å². The summed E-state index contributed by atoms with van der Waals surface area (Å²) < 4.78 is 0. The average molecular weight is 329 g/mol. The van der Waals surface area contributed by atoms with E-state index in [0.29, 0.717) is 5.82 Å². The van der Waals surface area contributed by atoms with E-state index in [-0.39, 0.29) is 5.75 Å². The molecule has 3 aromatic rings. The monoisotopic (exact) mass is 329 g/mol. The molecule has 3 N–H and O–H groups in total. The molecule has 0 spiro atoms. The zero-order valence-electron chi connectivity index (χ0n) is 14.0. The number of rotatable bonds is 3. The third kappa shape index (κ3) is 2.66. The van der Waals surface area contributed by atoms with Gasteiger partial charge in [0.2, 0.25) is 0 Å². The first-order chi connectivity index (χ1) is 12.2. The van der Waals surface area contributed by atoms with Crippen LogP contribution in [-0.4, -0.2) is 16.3 Å². The Labute approximate surface area is 146 Å². The molecule has 0 saturated carbocycles. The summed E-state index contributed by atoms with van der Waals surface area (Å²) in [5, 5.41) is 9.55. The number of aromatic nitrogens is 1. The van der Waals surface area contributed by atoms with Gasteiger partial charge < -0.3 is 10.8 Å². The molecule has 4 nitrogen and oxygen atoms in total. The lowest BCUT2D eigenvalue weighted by Crippen LogP contribution is -2.02. The standard InChI is InChI=1S/C21H19N3O/c1-2-18-19(13-5-7-17(25)8-6-13)12-24-21(22)20(18)14-3-4-15-10-23-11-16(15)9-14/h3-10,12,25H,2,11H2,1H3,(H2,22,24). The Hall–Kier alpha value is -3.14. The van der Waals surface area contributed by atoms with Gasteiger partial charge in [-0.15, -0.1) is 0 Å². The summed E-state index contributed by atoms with van der Waals surface area (Å²) in [6, 6.07) is 13.5. The van der Waals surface area contributed by atoms with Gasteiger partial charge in [-0.3, -0.25) is 4.99 Å². The number of fused-ring (bicyclic) bond motifs is 1. The smallest absolute Gasteiger partial charge is 0.131 e. The predicted molar refractivity (Wildman–Crippen MR) is 102 cm³/mol. The number of anilines is 1. The number of hydrogen-bond donors (Lipinski definition) is 2. The number of pyridine rings is 1. The highest BCUT2D eigenvalue weighted by Gasteiger charge is 2.17. The summed E-state index contributed by atoms with van der Waals surface area (Å²) in [5.41, 5.74) is 13.9. The molecule has 1 aliphatic rings. The SMILES string of the molecule is CCc1c(-c2ccc(O)cc2)cnc(N)c1-c1ccc2c(c1)CN=C2. The minimum atomic E-state index is 0.254. The van der Waals surface area contributed by atoms with E-state index >= 15 is 0 Å². The number of nitrogens with two attached hydrogens (primary N) is 1. The van der Waals surface area contributed by atoms with Gasteiger partial charge in [0.25, 0.3) is 0 Å². The van der Waals surface area contributed by atoms with Crippen LogP contribution in [0.3, 0.4) is 0 Å². The van der Waals surface area contributed by atoms with Crippen molar-refractivity contribution in [3.05, 3.63) is 65.4 Å². The molecule has 0 amide bonds. The quantitative estimate of drug-likeness (QED) is 0.756. The Morgan fingerprint density at radius 1 is 1.08 bits per heavy atom. The number of nitrogen functional groups attached to an aromatic ring is 1. The van der Waals surface area contributed by atoms with Crippen molar-refractivity contribution in [3.63, 3.8) is 0 Å². The van der Waals surface area contributed by atoms with E-state index in [1.165, 1.54) is 11.1 Å². The first-order valence-electron chi connectivity index (χ1n) is 8.37. The summed E-state index contributed by atoms with van der Waals surface area (Å²) in [6.07, 6.45) is 4.57. The van der Waals surface area contributed by atoms with Crippen molar-refractivity contribution in [2.24, 2.45) is 4.99 Å². The highest BCUT2D eigenvalue weighted by atomic mass is 16.3. The molecule has 2 aromatic carbocycles. The van der Waals surface area contributed by atoms with Crippen molar-refractivity contribution < 1.29 is 5.11 Å². The first kappa shape index (κ1) is 15.4. The van der Waals surface area contributed by atoms with Crippen LogP contribution in [0.2, 0.25) is 0 Å². The number of benzene rings is 2. The molecule has 4 rings (SSSR count). The van der Waals surface area contributed by atoms with Gasteiger partial charge in [-0.2, -0.15) is 0 Å². The zero-order valence-corrected chi connectivity index (χ0v) is 14.0. The van der Waals surface area contributed by atoms with Gasteiger partial charge in [-0.1, -0.05) is 31.2 Å². The lowest BCUT2D eigenvalue weighted by atomic mass is 9.91. The largest absolute Gasteiger partial charge is 0.508 e. The van der Waals surface area contributed by atoms with Gasteiger partial charge >= 0.3 is 0 Å². The van der Waals surface area contributed by atoms with Crippen LogP contribution >= 0.6 is 0 Å². The highest BCUT2D eigenvalue weighted by Crippen LogP contribution is 2.37. The third-order valence-corrected chi connectivity index (χ3v) is 4.67. The molecule has 0 fully saturated rings. The lowest BCUT2D eigenvalue weighted by Gasteiger charge is -2.16. The zero-order chi connectivity index (χ0) is 17.4. The average Bonchev–Trinajstić information content (AvgIpc) is 3.10. The van der Waals surface area contributed by atoms with Crippen molar-refractivity contribution in [3.8, 4) is 28.0 Å². The number of aliphatic imine (C=N–C) groups is 1. The first-order valence-corrected chi connectivity index (χ1v) is 8.37. The van der Waals surface area contributed by atoms with Crippen molar-refractivity contribution >= 4 is 12.0 Å². The Morgan fingerprint density at radius 2 is 1.84 bits per heavy atom. The fourth-order valence-corrected chi connectivity index (χ4v) is 3.41. The minimum absolute atomic E-state index is 0.254. The van der Waals surface area contributed by atoms with Crippen molar-refractivity contribution in [2.45, 2.75) is 19.9 Å². The van der Waals surface area contributed by atoms with E-state index in [0.717, 1.165) is 40.8 Å². The van der Waals surface area contributed by atoms with Gasteiger partial charge in [0.15, 0.2) is 0 Å². The molecule has 1 aliphatic heterocycles. The molecular formula is C21H19N3O. The van der Waals surface area contributed by atoms with Gasteiger partial charge in [-0.25, -0.2) is 4.98 Å². The van der Waals surface area contributed by atoms with Gasteiger partial charge in [-0.05, 0) is 52.4 Å². The number of phenols is 1. The normalized spacial score (nSPS) is 12.4. The van der Waals surface area contributed by atoms with Crippen LogP contribution in [0.4, 0.5) is 5.82 Å². The van der Waals surface area contributed by atoms with Gasteiger partial charge in [0, 0.05) is 23.5 Å². The van der Waals surface area contributed by atoms with Crippen molar-refractivity contribution in [2.75, 3.05) is 5.73 Å². The van der Waals surface area contributed by atoms with Gasteiger partial charge in [0.05, 0.1) is 6.54 Å². The number of phenolic OH excluding ortho intramolecular Hbond substituents is 1. The van der Waals surface area contributed by atoms with E-state index in [2.05, 4.69) is 35.1 Å². The summed E-state index contributed by atoms with van der Waals surface area (Å²) in [6.45, 7) is 2.84. The Bertz CT molecular complexity index is 975. The summed E-state index contributed by atoms with van der Waals surface area (Å²) in [7, 11) is 0. The van der Waals surface area contributed by atoms with E-state index in [9.17, 15) is 5.11 Å². The molecule has 0 saturated heterocycles. The molecule has 25 heavy (non-hydrogen) atoms. The summed E-state index contributed by atoms with van der Waals surface area (Å²) in [4.78, 5) is 8.77. The number of nitrogens with zero attached hydrogens (tertiary/aromatic N) is 2. The summed E-state index contributed by atoms with van der Waals surface area (Å²) in [5.74, 6) is 0.794. The number of hydrogen-bond acceptors (Lipinski definition) is 4. The summed E-state index contributed by atoms with van der Waals surface area (Å²) >= 11 is 0. The molecular weight excluding hydrogens is 310 g/mol. The Morgan fingerprint density at radius 3 is 2.60 bits per heavy atom. The highest BCUT2D eigenvalue weighted by molar-refractivity contribution is 5.89. The van der Waals surface area contributed by atoms with Crippen LogP contribution < -0.4 is 5.73 Å². The second-order valence-corrected chi connectivity index (χ2v) is 6.19. The van der Waals surface area contributed by atoms with Crippen molar-refractivity contribution in [1.29, 1.82) is 0 Å². The maximum absolute atomic E-state index is 9.55. The molecule has 1 aromatic heterocycles. The van der Waals surface area contributed by atoms with E-state index in [1.54, 1.807) is 12.1 Å². The van der Waals surface area contributed by atoms with Crippen LogP contribution in [0.5, 0.6) is 5.75 Å². The third-order valence-electron chi connectivity index (χ3n) is 4.67. The molecule has 0 bridgehead atoms. The molecule has 0 atom stereocenters. The van der Waals surface area contributed by atoms with Crippen LogP contribution in [-0.2, 0) is 13.0 Å². The van der Waals surface area contributed by atoms with Crippen LogP contribution in [0.1, 0.15) is 23.6 Å². The Balaban J connectivity index is 1.90. The molecule has 124 valence electrons. The predicted octanol–water partition coefficient (Wildman–Crippen LogP) is 4.20. The maximum atomic E-state index is 9.55. The molecule has 0 radical (unpaired) electrons. The second kappa shape index (κ2) is 6.06. The molecule has 0 aliphatic carbocycles. The fourth-order valence-electron chi connectivity index (χ4n) is 3.41.